The summed E-state index contributed by atoms with van der Waals surface area (Å²) in [5.74, 6) is -0.432. The van der Waals surface area contributed by atoms with Crippen molar-refractivity contribution in [2.75, 3.05) is 30.1 Å². The largest absolute Gasteiger partial charge is 0.375 e. The van der Waals surface area contributed by atoms with Gasteiger partial charge in [-0.2, -0.15) is 0 Å². The smallest absolute Gasteiger partial charge is 0.256 e. The third-order valence-electron chi connectivity index (χ3n) is 3.62. The molecule has 0 fully saturated rings. The van der Waals surface area contributed by atoms with E-state index in [4.69, 9.17) is 4.74 Å². The molecule has 0 unspecified atom stereocenters. The molecule has 0 aliphatic rings. The van der Waals surface area contributed by atoms with E-state index in [1.54, 1.807) is 36.4 Å². The van der Waals surface area contributed by atoms with Crippen molar-refractivity contribution in [3.05, 3.63) is 54.1 Å². The molecule has 29 heavy (non-hydrogen) atoms. The molecule has 3 amide bonds. The standard InChI is InChI=1S/C21H25N3O4S/c1-14(2)22-20(26)13-29-18-10-5-4-9-17(18)21(27)24-16-8-6-7-15(11-16)23-19(25)12-28-3/h4-11,14H,12-13H2,1-3H3,(H,22,26)(H,23,25)(H,24,27). The van der Waals surface area contributed by atoms with Crippen LogP contribution in [0, 0.1) is 0 Å². The molecule has 0 aliphatic heterocycles. The van der Waals surface area contributed by atoms with Crippen molar-refractivity contribution in [3.8, 4) is 0 Å². The monoisotopic (exact) mass is 415 g/mol. The third-order valence-corrected chi connectivity index (χ3v) is 4.69. The van der Waals surface area contributed by atoms with Crippen LogP contribution in [-0.4, -0.2) is 43.2 Å². The fourth-order valence-electron chi connectivity index (χ4n) is 2.49. The number of rotatable bonds is 9. The maximum Gasteiger partial charge on any atom is 0.256 e. The van der Waals surface area contributed by atoms with Crippen molar-refractivity contribution < 1.29 is 19.1 Å². The summed E-state index contributed by atoms with van der Waals surface area (Å²) in [5.41, 5.74) is 1.57. The van der Waals surface area contributed by atoms with Crippen LogP contribution in [0.1, 0.15) is 24.2 Å². The number of ether oxygens (including phenoxy) is 1. The van der Waals surface area contributed by atoms with E-state index in [-0.39, 0.29) is 36.1 Å². The van der Waals surface area contributed by atoms with Gasteiger partial charge in [0, 0.05) is 29.4 Å². The molecule has 0 aromatic heterocycles. The van der Waals surface area contributed by atoms with E-state index in [9.17, 15) is 14.4 Å². The average Bonchev–Trinajstić information content (AvgIpc) is 2.66. The topological polar surface area (TPSA) is 96.5 Å². The lowest BCUT2D eigenvalue weighted by atomic mass is 10.2. The van der Waals surface area contributed by atoms with E-state index in [0.717, 1.165) is 0 Å². The van der Waals surface area contributed by atoms with Crippen LogP contribution in [0.25, 0.3) is 0 Å². The maximum absolute atomic E-state index is 12.8. The first kappa shape index (κ1) is 22.4. The Bertz CT molecular complexity index is 871. The summed E-state index contributed by atoms with van der Waals surface area (Å²) < 4.78 is 4.79. The summed E-state index contributed by atoms with van der Waals surface area (Å²) in [5, 5.41) is 8.35. The highest BCUT2D eigenvalue weighted by molar-refractivity contribution is 8.00. The van der Waals surface area contributed by atoms with Crippen molar-refractivity contribution in [2.24, 2.45) is 0 Å². The van der Waals surface area contributed by atoms with E-state index in [2.05, 4.69) is 16.0 Å². The molecule has 0 heterocycles. The number of methoxy groups -OCH3 is 1. The van der Waals surface area contributed by atoms with E-state index >= 15 is 0 Å². The molecule has 8 heteroatoms. The van der Waals surface area contributed by atoms with Gasteiger partial charge in [-0.15, -0.1) is 11.8 Å². The predicted octanol–water partition coefficient (Wildman–Crippen LogP) is 3.14. The number of hydrogen-bond acceptors (Lipinski definition) is 5. The molecule has 0 saturated heterocycles. The Hall–Kier alpha value is -2.84. The molecule has 154 valence electrons. The SMILES string of the molecule is COCC(=O)Nc1cccc(NC(=O)c2ccccc2SCC(=O)NC(C)C)c1. The second kappa shape index (κ2) is 11.2. The van der Waals surface area contributed by atoms with Gasteiger partial charge < -0.3 is 20.7 Å². The minimum Gasteiger partial charge on any atom is -0.375 e. The first-order valence-corrected chi connectivity index (χ1v) is 10.1. The van der Waals surface area contributed by atoms with Crippen LogP contribution >= 0.6 is 11.8 Å². The molecule has 0 atom stereocenters. The molecule has 0 spiro atoms. The highest BCUT2D eigenvalue weighted by Gasteiger charge is 2.14. The third kappa shape index (κ3) is 7.59. The van der Waals surface area contributed by atoms with Gasteiger partial charge in [0.2, 0.25) is 11.8 Å². The molecule has 2 aromatic rings. The minimum atomic E-state index is -0.294. The number of amides is 3. The minimum absolute atomic E-state index is 0.0500. The maximum atomic E-state index is 12.8. The number of benzene rings is 2. The van der Waals surface area contributed by atoms with Gasteiger partial charge in [-0.25, -0.2) is 0 Å². The van der Waals surface area contributed by atoms with Gasteiger partial charge in [0.25, 0.3) is 5.91 Å². The molecule has 2 aromatic carbocycles. The van der Waals surface area contributed by atoms with E-state index in [1.807, 2.05) is 26.0 Å². The van der Waals surface area contributed by atoms with Gasteiger partial charge >= 0.3 is 0 Å². The molecular formula is C21H25N3O4S. The Morgan fingerprint density at radius 3 is 2.34 bits per heavy atom. The van der Waals surface area contributed by atoms with E-state index in [0.29, 0.717) is 21.8 Å². The van der Waals surface area contributed by atoms with Crippen LogP contribution in [0.4, 0.5) is 11.4 Å². The van der Waals surface area contributed by atoms with Crippen LogP contribution in [0.15, 0.2) is 53.4 Å². The van der Waals surface area contributed by atoms with Crippen LogP contribution < -0.4 is 16.0 Å². The van der Waals surface area contributed by atoms with Gasteiger partial charge in [0.15, 0.2) is 0 Å². The molecule has 0 saturated carbocycles. The highest BCUT2D eigenvalue weighted by atomic mass is 32.2. The summed E-state index contributed by atoms with van der Waals surface area (Å²) in [6.45, 7) is 3.75. The number of nitrogens with one attached hydrogen (secondary N) is 3. The molecule has 0 bridgehead atoms. The summed E-state index contributed by atoms with van der Waals surface area (Å²) in [7, 11) is 1.44. The molecule has 0 aliphatic carbocycles. The Labute approximate surface area is 174 Å². The van der Waals surface area contributed by atoms with Gasteiger partial charge in [0.05, 0.1) is 11.3 Å². The molecule has 0 radical (unpaired) electrons. The van der Waals surface area contributed by atoms with E-state index < -0.39 is 0 Å². The normalized spacial score (nSPS) is 10.5. The van der Waals surface area contributed by atoms with Crippen molar-refractivity contribution in [1.29, 1.82) is 0 Å². The van der Waals surface area contributed by atoms with Crippen molar-refractivity contribution in [3.63, 3.8) is 0 Å². The Morgan fingerprint density at radius 1 is 0.966 bits per heavy atom. The van der Waals surface area contributed by atoms with Crippen molar-refractivity contribution in [2.45, 2.75) is 24.8 Å². The van der Waals surface area contributed by atoms with Crippen LogP contribution in [-0.2, 0) is 14.3 Å². The molecule has 7 nitrogen and oxygen atoms in total. The van der Waals surface area contributed by atoms with Crippen molar-refractivity contribution >= 4 is 40.9 Å². The lowest BCUT2D eigenvalue weighted by Gasteiger charge is -2.12. The molecular weight excluding hydrogens is 390 g/mol. The van der Waals surface area contributed by atoms with Gasteiger partial charge in [-0.3, -0.25) is 14.4 Å². The zero-order valence-corrected chi connectivity index (χ0v) is 17.5. The lowest BCUT2D eigenvalue weighted by molar-refractivity contribution is -0.120. The zero-order valence-electron chi connectivity index (χ0n) is 16.7. The van der Waals surface area contributed by atoms with Crippen LogP contribution in [0.5, 0.6) is 0 Å². The summed E-state index contributed by atoms with van der Waals surface area (Å²) in [6, 6.07) is 14.0. The second-order valence-corrected chi connectivity index (χ2v) is 7.54. The van der Waals surface area contributed by atoms with E-state index in [1.165, 1.54) is 18.9 Å². The number of hydrogen-bond donors (Lipinski definition) is 3. The summed E-state index contributed by atoms with van der Waals surface area (Å²) in [6.07, 6.45) is 0. The predicted molar refractivity (Wildman–Crippen MR) is 115 cm³/mol. The zero-order chi connectivity index (χ0) is 21.2. The second-order valence-electron chi connectivity index (χ2n) is 6.52. The Balaban J connectivity index is 2.06. The number of anilines is 2. The first-order valence-electron chi connectivity index (χ1n) is 9.10. The quantitative estimate of drug-likeness (QED) is 0.547. The fraction of sp³-hybridized carbons (Fsp3) is 0.286. The highest BCUT2D eigenvalue weighted by Crippen LogP contribution is 2.24. The number of carbonyl (C=O) groups excluding carboxylic acids is 3. The molecule has 3 N–H and O–H groups in total. The van der Waals surface area contributed by atoms with Gasteiger partial charge in [-0.1, -0.05) is 18.2 Å². The first-order chi connectivity index (χ1) is 13.9. The summed E-state index contributed by atoms with van der Waals surface area (Å²) in [4.78, 5) is 37.0. The lowest BCUT2D eigenvalue weighted by Crippen LogP contribution is -2.31. The summed E-state index contributed by atoms with van der Waals surface area (Å²) >= 11 is 1.31. The fourth-order valence-corrected chi connectivity index (χ4v) is 3.35. The molecule has 2 rings (SSSR count). The van der Waals surface area contributed by atoms with Gasteiger partial charge in [0.1, 0.15) is 6.61 Å². The van der Waals surface area contributed by atoms with Crippen molar-refractivity contribution in [1.82, 2.24) is 5.32 Å². The Kier molecular flexibility index (Phi) is 8.69. The number of thioether (sulfide) groups is 1. The van der Waals surface area contributed by atoms with Crippen LogP contribution in [0.2, 0.25) is 0 Å². The average molecular weight is 416 g/mol. The van der Waals surface area contributed by atoms with Crippen LogP contribution in [0.3, 0.4) is 0 Å². The number of carbonyl (C=O) groups is 3. The Morgan fingerprint density at radius 2 is 1.66 bits per heavy atom. The van der Waals surface area contributed by atoms with Gasteiger partial charge in [-0.05, 0) is 44.2 Å².